The van der Waals surface area contributed by atoms with Crippen molar-refractivity contribution in [2.75, 3.05) is 33.9 Å². The van der Waals surface area contributed by atoms with Crippen LogP contribution >= 0.6 is 0 Å². The molecule has 118 valence electrons. The molecule has 0 bridgehead atoms. The zero-order chi connectivity index (χ0) is 15.2. The summed E-state index contributed by atoms with van der Waals surface area (Å²) in [5.41, 5.74) is 7.29. The van der Waals surface area contributed by atoms with E-state index in [1.807, 2.05) is 6.07 Å². The maximum absolute atomic E-state index is 6.08. The molecule has 1 aromatic carbocycles. The Bertz CT molecular complexity index is 446. The Labute approximate surface area is 128 Å². The van der Waals surface area contributed by atoms with Crippen molar-refractivity contribution in [2.24, 2.45) is 11.7 Å². The molecule has 21 heavy (non-hydrogen) atoms. The minimum absolute atomic E-state index is 0.255. The van der Waals surface area contributed by atoms with Gasteiger partial charge in [0.05, 0.1) is 14.2 Å². The van der Waals surface area contributed by atoms with Gasteiger partial charge in [-0.25, -0.2) is 0 Å². The Kier molecular flexibility index (Phi) is 5.88. The van der Waals surface area contributed by atoms with Gasteiger partial charge in [0.2, 0.25) is 0 Å². The number of hydrogen-bond donors (Lipinski definition) is 1. The highest BCUT2D eigenvalue weighted by Crippen LogP contribution is 2.35. The number of nitrogens with two attached hydrogens (primary N) is 1. The van der Waals surface area contributed by atoms with E-state index in [-0.39, 0.29) is 6.04 Å². The largest absolute Gasteiger partial charge is 0.493 e. The van der Waals surface area contributed by atoms with Gasteiger partial charge in [0.15, 0.2) is 11.5 Å². The summed E-state index contributed by atoms with van der Waals surface area (Å²) in [6, 6.07) is 6.39. The lowest BCUT2D eigenvalue weighted by molar-refractivity contribution is 0.193. The molecule has 0 radical (unpaired) electrons. The molecule has 1 aliphatic rings. The summed E-state index contributed by atoms with van der Waals surface area (Å²) in [5.74, 6) is 2.41. The summed E-state index contributed by atoms with van der Waals surface area (Å²) in [6.45, 7) is 5.10. The molecule has 0 aliphatic heterocycles. The van der Waals surface area contributed by atoms with Crippen LogP contribution < -0.4 is 15.2 Å². The van der Waals surface area contributed by atoms with Gasteiger partial charge >= 0.3 is 0 Å². The lowest BCUT2D eigenvalue weighted by Gasteiger charge is -2.31. The van der Waals surface area contributed by atoms with Crippen molar-refractivity contribution >= 4 is 0 Å². The van der Waals surface area contributed by atoms with Crippen LogP contribution in [0.25, 0.3) is 0 Å². The van der Waals surface area contributed by atoms with E-state index in [0.717, 1.165) is 36.9 Å². The van der Waals surface area contributed by atoms with Crippen LogP contribution in [0.2, 0.25) is 0 Å². The molecule has 0 aromatic heterocycles. The van der Waals surface area contributed by atoms with E-state index in [4.69, 9.17) is 15.2 Å². The number of hydrogen-bond acceptors (Lipinski definition) is 4. The average Bonchev–Trinajstić information content (AvgIpc) is 3.32. The van der Waals surface area contributed by atoms with Crippen molar-refractivity contribution in [3.63, 3.8) is 0 Å². The van der Waals surface area contributed by atoms with Gasteiger partial charge in [0.1, 0.15) is 0 Å². The quantitative estimate of drug-likeness (QED) is 0.760. The molecular weight excluding hydrogens is 264 g/mol. The van der Waals surface area contributed by atoms with Gasteiger partial charge in [0.25, 0.3) is 0 Å². The highest BCUT2D eigenvalue weighted by molar-refractivity contribution is 5.43. The first-order valence-corrected chi connectivity index (χ1v) is 7.89. The molecule has 1 unspecified atom stereocenters. The first-order valence-electron chi connectivity index (χ1n) is 7.89. The van der Waals surface area contributed by atoms with Crippen LogP contribution in [0.5, 0.6) is 11.5 Å². The summed E-state index contributed by atoms with van der Waals surface area (Å²) < 4.78 is 10.7. The van der Waals surface area contributed by atoms with E-state index in [9.17, 15) is 0 Å². The molecular formula is C17H28N2O2. The van der Waals surface area contributed by atoms with E-state index < -0.39 is 0 Å². The molecule has 0 amide bonds. The third-order valence-corrected chi connectivity index (χ3v) is 4.16. The van der Waals surface area contributed by atoms with Crippen molar-refractivity contribution < 1.29 is 9.47 Å². The lowest BCUT2D eigenvalue weighted by Crippen LogP contribution is -2.36. The van der Waals surface area contributed by atoms with Crippen LogP contribution in [-0.4, -0.2) is 38.8 Å². The van der Waals surface area contributed by atoms with Gasteiger partial charge in [0, 0.05) is 19.1 Å². The molecule has 1 aromatic rings. The Morgan fingerprint density at radius 2 is 1.95 bits per heavy atom. The maximum atomic E-state index is 6.08. The highest BCUT2D eigenvalue weighted by atomic mass is 16.5. The second kappa shape index (κ2) is 7.66. The van der Waals surface area contributed by atoms with Gasteiger partial charge < -0.3 is 15.2 Å². The molecule has 1 saturated carbocycles. The van der Waals surface area contributed by atoms with Gasteiger partial charge in [-0.3, -0.25) is 4.90 Å². The van der Waals surface area contributed by atoms with Crippen LogP contribution in [0.1, 0.15) is 37.8 Å². The second-order valence-corrected chi connectivity index (χ2v) is 5.80. The Morgan fingerprint density at radius 1 is 1.24 bits per heavy atom. The van der Waals surface area contributed by atoms with E-state index >= 15 is 0 Å². The normalized spacial score (nSPS) is 16.0. The number of ether oxygens (including phenoxy) is 2. The van der Waals surface area contributed by atoms with Crippen molar-refractivity contribution in [3.05, 3.63) is 23.8 Å². The van der Waals surface area contributed by atoms with Gasteiger partial charge in [-0.2, -0.15) is 0 Å². The summed E-state index contributed by atoms with van der Waals surface area (Å²) in [6.07, 6.45) is 3.88. The fourth-order valence-corrected chi connectivity index (χ4v) is 2.85. The van der Waals surface area contributed by atoms with Gasteiger partial charge in [-0.1, -0.05) is 13.0 Å². The maximum Gasteiger partial charge on any atom is 0.161 e. The van der Waals surface area contributed by atoms with Crippen LogP contribution in [-0.2, 0) is 0 Å². The Balaban J connectivity index is 2.20. The zero-order valence-corrected chi connectivity index (χ0v) is 13.5. The van der Waals surface area contributed by atoms with E-state index in [1.54, 1.807) is 14.2 Å². The second-order valence-electron chi connectivity index (χ2n) is 5.80. The molecule has 4 nitrogen and oxygen atoms in total. The van der Waals surface area contributed by atoms with E-state index in [1.165, 1.54) is 18.4 Å². The predicted octanol–water partition coefficient (Wildman–Crippen LogP) is 2.83. The fourth-order valence-electron chi connectivity index (χ4n) is 2.85. The number of benzene rings is 1. The molecule has 0 heterocycles. The fraction of sp³-hybridized carbons (Fsp3) is 0.647. The Morgan fingerprint density at radius 3 is 2.48 bits per heavy atom. The zero-order valence-electron chi connectivity index (χ0n) is 13.5. The van der Waals surface area contributed by atoms with Gasteiger partial charge in [-0.15, -0.1) is 0 Å². The molecule has 4 heteroatoms. The minimum atomic E-state index is 0.255. The van der Waals surface area contributed by atoms with E-state index in [2.05, 4.69) is 24.0 Å². The van der Waals surface area contributed by atoms with Crippen LogP contribution in [0.4, 0.5) is 0 Å². The third kappa shape index (κ3) is 4.11. The van der Waals surface area contributed by atoms with Crippen molar-refractivity contribution in [3.8, 4) is 11.5 Å². The molecule has 0 spiro atoms. The highest BCUT2D eigenvalue weighted by Gasteiger charge is 2.28. The minimum Gasteiger partial charge on any atom is -0.493 e. The van der Waals surface area contributed by atoms with E-state index in [0.29, 0.717) is 6.54 Å². The third-order valence-electron chi connectivity index (χ3n) is 4.16. The lowest BCUT2D eigenvalue weighted by atomic mass is 10.0. The predicted molar refractivity (Wildman–Crippen MR) is 85.9 cm³/mol. The summed E-state index contributed by atoms with van der Waals surface area (Å²) in [7, 11) is 3.33. The number of nitrogens with zero attached hydrogens (tertiary/aromatic N) is 1. The topological polar surface area (TPSA) is 47.7 Å². The SMILES string of the molecule is CCCN(CC1CC1)C(CN)c1ccc(OC)c(OC)c1. The van der Waals surface area contributed by atoms with Crippen LogP contribution in [0.15, 0.2) is 18.2 Å². The molecule has 1 fully saturated rings. The van der Waals surface area contributed by atoms with Crippen molar-refractivity contribution in [2.45, 2.75) is 32.2 Å². The summed E-state index contributed by atoms with van der Waals surface area (Å²) >= 11 is 0. The Hall–Kier alpha value is -1.26. The first kappa shape index (κ1) is 16.1. The molecule has 2 rings (SSSR count). The summed E-state index contributed by atoms with van der Waals surface area (Å²) in [4.78, 5) is 2.53. The first-order chi connectivity index (χ1) is 10.2. The summed E-state index contributed by atoms with van der Waals surface area (Å²) in [5, 5.41) is 0. The standard InChI is InChI=1S/C17H28N2O2/c1-4-9-19(12-13-5-6-13)15(11-18)14-7-8-16(20-2)17(10-14)21-3/h7-8,10,13,15H,4-6,9,11-12,18H2,1-3H3. The van der Waals surface area contributed by atoms with Crippen molar-refractivity contribution in [1.82, 2.24) is 4.90 Å². The number of rotatable bonds is 9. The molecule has 1 aliphatic carbocycles. The average molecular weight is 292 g/mol. The molecule has 2 N–H and O–H groups in total. The van der Waals surface area contributed by atoms with Gasteiger partial charge in [-0.05, 0) is 49.4 Å². The van der Waals surface area contributed by atoms with Crippen LogP contribution in [0.3, 0.4) is 0 Å². The van der Waals surface area contributed by atoms with Crippen LogP contribution in [0, 0.1) is 5.92 Å². The number of methoxy groups -OCH3 is 2. The monoisotopic (exact) mass is 292 g/mol. The smallest absolute Gasteiger partial charge is 0.161 e. The molecule has 1 atom stereocenters. The molecule has 0 saturated heterocycles. The van der Waals surface area contributed by atoms with Crippen molar-refractivity contribution in [1.29, 1.82) is 0 Å².